The minimum absolute atomic E-state index is 0.0182. The Labute approximate surface area is 176 Å². The van der Waals surface area contributed by atoms with E-state index < -0.39 is 5.97 Å². The maximum Gasteiger partial charge on any atom is 0.339 e. The van der Waals surface area contributed by atoms with E-state index in [1.54, 1.807) is 6.07 Å². The van der Waals surface area contributed by atoms with Crippen molar-refractivity contribution in [3.8, 4) is 34.5 Å². The standard InChI is InChI=1S/C18H14Br2O8/c1-22-10-3-8(12(19)16-14(10)25-6-27-16)5-24-18(21)9-4-11(23-2)15-17(13(9)20)28-7-26-15/h3-4H,5-7H2,1-2H3. The lowest BCUT2D eigenvalue weighted by Gasteiger charge is -2.13. The van der Waals surface area contributed by atoms with Crippen LogP contribution >= 0.6 is 31.9 Å². The van der Waals surface area contributed by atoms with Gasteiger partial charge in [0, 0.05) is 5.56 Å². The summed E-state index contributed by atoms with van der Waals surface area (Å²) in [5.74, 6) is 2.17. The van der Waals surface area contributed by atoms with Gasteiger partial charge in [-0.15, -0.1) is 0 Å². The molecule has 0 aliphatic carbocycles. The third-order valence-corrected chi connectivity index (χ3v) is 5.85. The molecular formula is C18H14Br2O8. The average Bonchev–Trinajstić information content (AvgIpc) is 3.38. The Morgan fingerprint density at radius 1 is 0.893 bits per heavy atom. The van der Waals surface area contributed by atoms with Crippen molar-refractivity contribution < 1.29 is 38.0 Å². The van der Waals surface area contributed by atoms with Gasteiger partial charge in [-0.3, -0.25) is 0 Å². The molecule has 2 aliphatic rings. The molecule has 0 amide bonds. The molecule has 0 N–H and O–H groups in total. The van der Waals surface area contributed by atoms with E-state index in [0.29, 0.717) is 49.0 Å². The molecule has 2 heterocycles. The van der Waals surface area contributed by atoms with Gasteiger partial charge in [0.1, 0.15) is 6.61 Å². The van der Waals surface area contributed by atoms with Crippen molar-refractivity contribution in [3.05, 3.63) is 32.2 Å². The molecule has 0 bridgehead atoms. The molecule has 8 nitrogen and oxygen atoms in total. The number of methoxy groups -OCH3 is 2. The van der Waals surface area contributed by atoms with E-state index in [1.807, 2.05) is 0 Å². The molecule has 148 valence electrons. The van der Waals surface area contributed by atoms with Gasteiger partial charge in [-0.25, -0.2) is 4.79 Å². The Hall–Kier alpha value is -2.33. The zero-order valence-electron chi connectivity index (χ0n) is 14.8. The highest BCUT2D eigenvalue weighted by atomic mass is 79.9. The van der Waals surface area contributed by atoms with Crippen LogP contribution in [0.15, 0.2) is 21.1 Å². The van der Waals surface area contributed by atoms with Crippen molar-refractivity contribution in [1.29, 1.82) is 0 Å². The predicted octanol–water partition coefficient (Wildman–Crippen LogP) is 4.04. The molecule has 0 saturated heterocycles. The van der Waals surface area contributed by atoms with Crippen LogP contribution in [0.2, 0.25) is 0 Å². The second-order valence-corrected chi connectivity index (χ2v) is 7.28. The molecule has 10 heteroatoms. The molecule has 4 rings (SSSR count). The van der Waals surface area contributed by atoms with Gasteiger partial charge in [0.05, 0.1) is 28.7 Å². The number of carbonyl (C=O) groups is 1. The smallest absolute Gasteiger partial charge is 0.339 e. The molecule has 0 unspecified atom stereocenters. The largest absolute Gasteiger partial charge is 0.493 e. The Morgan fingerprint density at radius 3 is 2.04 bits per heavy atom. The predicted molar refractivity (Wildman–Crippen MR) is 103 cm³/mol. The monoisotopic (exact) mass is 516 g/mol. The summed E-state index contributed by atoms with van der Waals surface area (Å²) in [6.45, 7) is 0.125. The number of hydrogen-bond donors (Lipinski definition) is 0. The van der Waals surface area contributed by atoms with Crippen molar-refractivity contribution in [3.63, 3.8) is 0 Å². The van der Waals surface area contributed by atoms with Crippen LogP contribution in [0, 0.1) is 0 Å². The number of ether oxygens (including phenoxy) is 7. The average molecular weight is 518 g/mol. The third kappa shape index (κ3) is 3.10. The fourth-order valence-electron chi connectivity index (χ4n) is 2.84. The van der Waals surface area contributed by atoms with Crippen LogP contribution in [-0.4, -0.2) is 33.8 Å². The molecule has 0 saturated carbocycles. The van der Waals surface area contributed by atoms with Crippen LogP contribution in [0.5, 0.6) is 34.5 Å². The number of hydrogen-bond acceptors (Lipinski definition) is 8. The van der Waals surface area contributed by atoms with Gasteiger partial charge in [0.2, 0.25) is 25.1 Å². The van der Waals surface area contributed by atoms with Gasteiger partial charge in [-0.1, -0.05) is 0 Å². The minimum atomic E-state index is -0.563. The molecule has 0 fully saturated rings. The van der Waals surface area contributed by atoms with Crippen LogP contribution < -0.4 is 28.4 Å². The first-order valence-corrected chi connectivity index (χ1v) is 9.62. The van der Waals surface area contributed by atoms with Gasteiger partial charge in [-0.05, 0) is 44.0 Å². The summed E-state index contributed by atoms with van der Waals surface area (Å²) in [5, 5.41) is 0. The molecule has 2 aromatic carbocycles. The quantitative estimate of drug-likeness (QED) is 0.549. The van der Waals surface area contributed by atoms with Gasteiger partial charge < -0.3 is 33.2 Å². The number of carbonyl (C=O) groups excluding carboxylic acids is 1. The minimum Gasteiger partial charge on any atom is -0.493 e. The summed E-state index contributed by atoms with van der Waals surface area (Å²) in [4.78, 5) is 12.7. The summed E-state index contributed by atoms with van der Waals surface area (Å²) in [6.07, 6.45) is 0. The first-order valence-electron chi connectivity index (χ1n) is 8.03. The van der Waals surface area contributed by atoms with E-state index >= 15 is 0 Å². The third-order valence-electron chi connectivity index (χ3n) is 4.19. The number of halogens is 2. The lowest BCUT2D eigenvalue weighted by Crippen LogP contribution is -2.07. The SMILES string of the molecule is COc1cc(COC(=O)c2cc(OC)c3c(c2Br)OCO3)c(Br)c2c1OCO2. The Kier molecular flexibility index (Phi) is 5.15. The number of rotatable bonds is 5. The molecule has 2 aliphatic heterocycles. The highest BCUT2D eigenvalue weighted by molar-refractivity contribution is 9.11. The van der Waals surface area contributed by atoms with Crippen LogP contribution in [-0.2, 0) is 11.3 Å². The van der Waals surface area contributed by atoms with Gasteiger partial charge >= 0.3 is 5.97 Å². The van der Waals surface area contributed by atoms with Crippen molar-refractivity contribution in [1.82, 2.24) is 0 Å². The fraction of sp³-hybridized carbons (Fsp3) is 0.278. The van der Waals surface area contributed by atoms with E-state index in [-0.39, 0.29) is 25.8 Å². The van der Waals surface area contributed by atoms with Crippen molar-refractivity contribution in [2.75, 3.05) is 27.8 Å². The highest BCUT2D eigenvalue weighted by Gasteiger charge is 2.29. The Bertz CT molecular complexity index is 960. The molecular weight excluding hydrogens is 504 g/mol. The first kappa shape index (κ1) is 19.0. The zero-order valence-corrected chi connectivity index (χ0v) is 18.0. The zero-order chi connectivity index (χ0) is 19.8. The number of benzene rings is 2. The maximum absolute atomic E-state index is 12.7. The van der Waals surface area contributed by atoms with Crippen LogP contribution in [0.4, 0.5) is 0 Å². The van der Waals surface area contributed by atoms with Gasteiger partial charge in [0.25, 0.3) is 0 Å². The van der Waals surface area contributed by atoms with E-state index in [2.05, 4.69) is 31.9 Å². The normalized spacial score (nSPS) is 13.4. The molecule has 2 aromatic rings. The van der Waals surface area contributed by atoms with Gasteiger partial charge in [-0.2, -0.15) is 0 Å². The van der Waals surface area contributed by atoms with Gasteiger partial charge in [0.15, 0.2) is 23.0 Å². The second kappa shape index (κ2) is 7.59. The molecule has 0 radical (unpaired) electrons. The highest BCUT2D eigenvalue weighted by Crippen LogP contribution is 2.49. The van der Waals surface area contributed by atoms with E-state index in [4.69, 9.17) is 33.2 Å². The van der Waals surface area contributed by atoms with E-state index in [9.17, 15) is 4.79 Å². The van der Waals surface area contributed by atoms with Crippen LogP contribution in [0.25, 0.3) is 0 Å². The molecule has 28 heavy (non-hydrogen) atoms. The van der Waals surface area contributed by atoms with Crippen LogP contribution in [0.1, 0.15) is 15.9 Å². The summed E-state index contributed by atoms with van der Waals surface area (Å²) in [7, 11) is 3.01. The topological polar surface area (TPSA) is 81.7 Å². The molecule has 0 spiro atoms. The van der Waals surface area contributed by atoms with Crippen molar-refractivity contribution >= 4 is 37.8 Å². The number of fused-ring (bicyclic) bond motifs is 2. The second-order valence-electron chi connectivity index (χ2n) is 5.70. The maximum atomic E-state index is 12.7. The van der Waals surface area contributed by atoms with E-state index in [0.717, 1.165) is 0 Å². The number of esters is 1. The Balaban J connectivity index is 1.59. The summed E-state index contributed by atoms with van der Waals surface area (Å²) in [6, 6.07) is 3.26. The fourth-order valence-corrected chi connectivity index (χ4v) is 3.94. The Morgan fingerprint density at radius 2 is 1.43 bits per heavy atom. The van der Waals surface area contributed by atoms with Crippen LogP contribution in [0.3, 0.4) is 0 Å². The van der Waals surface area contributed by atoms with E-state index in [1.165, 1.54) is 20.3 Å². The summed E-state index contributed by atoms with van der Waals surface area (Å²) >= 11 is 6.84. The summed E-state index contributed by atoms with van der Waals surface area (Å²) in [5.41, 5.74) is 0.920. The first-order chi connectivity index (χ1) is 13.5. The lowest BCUT2D eigenvalue weighted by molar-refractivity contribution is 0.0469. The molecule has 0 atom stereocenters. The van der Waals surface area contributed by atoms with Crippen molar-refractivity contribution in [2.24, 2.45) is 0 Å². The van der Waals surface area contributed by atoms with Crippen molar-refractivity contribution in [2.45, 2.75) is 6.61 Å². The molecule has 0 aromatic heterocycles. The lowest BCUT2D eigenvalue weighted by atomic mass is 10.1. The summed E-state index contributed by atoms with van der Waals surface area (Å²) < 4.78 is 38.8.